The van der Waals surface area contributed by atoms with E-state index in [1.165, 1.54) is 0 Å². The molecule has 1 aliphatic heterocycles. The summed E-state index contributed by atoms with van der Waals surface area (Å²) in [5.74, 6) is 0.526. The van der Waals surface area contributed by atoms with Gasteiger partial charge in [0, 0.05) is 19.2 Å². The smallest absolute Gasteiger partial charge is 0.323 e. The summed E-state index contributed by atoms with van der Waals surface area (Å²) in [6.07, 6.45) is 0. The van der Waals surface area contributed by atoms with Crippen LogP contribution in [-0.2, 0) is 16.1 Å². The minimum absolute atomic E-state index is 0.219. The number of morpholine rings is 1. The first-order valence-corrected chi connectivity index (χ1v) is 6.40. The van der Waals surface area contributed by atoms with Crippen molar-refractivity contribution in [1.29, 1.82) is 0 Å². The molecule has 1 aromatic rings. The Hall–Kier alpha value is -1.79. The molecule has 1 atom stereocenters. The first-order chi connectivity index (χ1) is 9.63. The zero-order valence-electron chi connectivity index (χ0n) is 11.7. The highest BCUT2D eigenvalue weighted by atomic mass is 16.5. The van der Waals surface area contributed by atoms with Crippen molar-refractivity contribution in [1.82, 2.24) is 4.90 Å². The highest BCUT2D eigenvalue weighted by Crippen LogP contribution is 2.24. The zero-order chi connectivity index (χ0) is 14.5. The molecule has 6 heteroatoms. The van der Waals surface area contributed by atoms with E-state index in [2.05, 4.69) is 0 Å². The standard InChI is InChI=1S/C14H19NO5/c1-18-11-5-10(6-12(7-11)19-2)8-15-3-4-20-9-13(15)14(16)17/h5-7,13H,3-4,8-9H2,1-2H3,(H,16,17). The molecule has 1 unspecified atom stereocenters. The maximum atomic E-state index is 11.2. The third-order valence-corrected chi connectivity index (χ3v) is 3.32. The van der Waals surface area contributed by atoms with Gasteiger partial charge in [0.2, 0.25) is 0 Å². The molecule has 0 aromatic heterocycles. The predicted octanol–water partition coefficient (Wildman–Crippen LogP) is 0.989. The topological polar surface area (TPSA) is 68.2 Å². The van der Waals surface area contributed by atoms with Crippen LogP contribution >= 0.6 is 0 Å². The van der Waals surface area contributed by atoms with E-state index >= 15 is 0 Å². The number of aliphatic carboxylic acids is 1. The van der Waals surface area contributed by atoms with Crippen molar-refractivity contribution in [3.8, 4) is 11.5 Å². The zero-order valence-corrected chi connectivity index (χ0v) is 11.7. The molecule has 2 rings (SSSR count). The number of carbonyl (C=O) groups is 1. The fourth-order valence-corrected chi connectivity index (χ4v) is 2.25. The number of hydrogen-bond donors (Lipinski definition) is 1. The van der Waals surface area contributed by atoms with E-state index in [1.54, 1.807) is 20.3 Å². The van der Waals surface area contributed by atoms with Crippen molar-refractivity contribution in [2.24, 2.45) is 0 Å². The lowest BCUT2D eigenvalue weighted by Gasteiger charge is -2.32. The molecule has 20 heavy (non-hydrogen) atoms. The Kier molecular flexibility index (Phi) is 4.81. The highest BCUT2D eigenvalue weighted by molar-refractivity contribution is 5.73. The van der Waals surface area contributed by atoms with Gasteiger partial charge >= 0.3 is 5.97 Å². The molecule has 6 nitrogen and oxygen atoms in total. The second-order valence-corrected chi connectivity index (χ2v) is 4.62. The monoisotopic (exact) mass is 281 g/mol. The van der Waals surface area contributed by atoms with Gasteiger partial charge in [0.1, 0.15) is 17.5 Å². The normalized spacial score (nSPS) is 19.6. The second-order valence-electron chi connectivity index (χ2n) is 4.62. The van der Waals surface area contributed by atoms with Crippen LogP contribution in [0.2, 0.25) is 0 Å². The third-order valence-electron chi connectivity index (χ3n) is 3.32. The van der Waals surface area contributed by atoms with Crippen LogP contribution in [0.25, 0.3) is 0 Å². The molecule has 0 saturated carbocycles. The molecule has 1 heterocycles. The van der Waals surface area contributed by atoms with E-state index in [0.29, 0.717) is 31.2 Å². The summed E-state index contributed by atoms with van der Waals surface area (Å²) in [6.45, 7) is 1.88. The Labute approximate surface area is 117 Å². The number of rotatable bonds is 5. The van der Waals surface area contributed by atoms with Crippen molar-refractivity contribution in [3.05, 3.63) is 23.8 Å². The summed E-state index contributed by atoms with van der Waals surface area (Å²) in [5, 5.41) is 9.22. The van der Waals surface area contributed by atoms with E-state index < -0.39 is 12.0 Å². The van der Waals surface area contributed by atoms with Crippen molar-refractivity contribution in [2.45, 2.75) is 12.6 Å². The van der Waals surface area contributed by atoms with Gasteiger partial charge < -0.3 is 19.3 Å². The largest absolute Gasteiger partial charge is 0.497 e. The second kappa shape index (κ2) is 6.58. The highest BCUT2D eigenvalue weighted by Gasteiger charge is 2.29. The van der Waals surface area contributed by atoms with Crippen molar-refractivity contribution in [2.75, 3.05) is 34.0 Å². The van der Waals surface area contributed by atoms with Crippen LogP contribution in [0.4, 0.5) is 0 Å². The number of carboxylic acid groups (broad SMARTS) is 1. The Morgan fingerprint density at radius 2 is 2.00 bits per heavy atom. The van der Waals surface area contributed by atoms with Crippen molar-refractivity contribution in [3.63, 3.8) is 0 Å². The van der Waals surface area contributed by atoms with Gasteiger partial charge in [0.05, 0.1) is 27.4 Å². The first-order valence-electron chi connectivity index (χ1n) is 6.40. The van der Waals surface area contributed by atoms with Gasteiger partial charge in [0.25, 0.3) is 0 Å². The number of hydrogen-bond acceptors (Lipinski definition) is 5. The first kappa shape index (κ1) is 14.6. The Balaban J connectivity index is 2.17. The van der Waals surface area contributed by atoms with Gasteiger partial charge in [-0.25, -0.2) is 0 Å². The van der Waals surface area contributed by atoms with Crippen molar-refractivity contribution >= 4 is 5.97 Å². The minimum atomic E-state index is -0.862. The van der Waals surface area contributed by atoms with E-state index in [9.17, 15) is 9.90 Å². The molecular formula is C14H19NO5. The van der Waals surface area contributed by atoms with Crippen LogP contribution in [0.1, 0.15) is 5.56 Å². The van der Waals surface area contributed by atoms with Gasteiger partial charge in [-0.05, 0) is 17.7 Å². The molecule has 110 valence electrons. The summed E-state index contributed by atoms with van der Waals surface area (Å²) in [4.78, 5) is 13.1. The summed E-state index contributed by atoms with van der Waals surface area (Å²) in [6, 6.07) is 4.95. The Morgan fingerprint density at radius 3 is 2.55 bits per heavy atom. The van der Waals surface area contributed by atoms with Gasteiger partial charge in [0.15, 0.2) is 0 Å². The average Bonchev–Trinajstić information content (AvgIpc) is 2.47. The number of methoxy groups -OCH3 is 2. The fourth-order valence-electron chi connectivity index (χ4n) is 2.25. The van der Waals surface area contributed by atoms with Gasteiger partial charge in [-0.2, -0.15) is 0 Å². The Bertz CT molecular complexity index is 454. The van der Waals surface area contributed by atoms with E-state index in [0.717, 1.165) is 5.56 Å². The Morgan fingerprint density at radius 1 is 1.35 bits per heavy atom. The maximum Gasteiger partial charge on any atom is 0.323 e. The quantitative estimate of drug-likeness (QED) is 0.868. The molecular weight excluding hydrogens is 262 g/mol. The fraction of sp³-hybridized carbons (Fsp3) is 0.500. The van der Waals surface area contributed by atoms with E-state index in [1.807, 2.05) is 17.0 Å². The third kappa shape index (κ3) is 3.40. The molecule has 1 fully saturated rings. The van der Waals surface area contributed by atoms with Gasteiger partial charge in [-0.3, -0.25) is 9.69 Å². The average molecular weight is 281 g/mol. The van der Waals surface area contributed by atoms with Crippen LogP contribution in [0.5, 0.6) is 11.5 Å². The molecule has 0 aliphatic carbocycles. The summed E-state index contributed by atoms with van der Waals surface area (Å²) < 4.78 is 15.7. The van der Waals surface area contributed by atoms with Crippen LogP contribution < -0.4 is 9.47 Å². The molecule has 1 saturated heterocycles. The van der Waals surface area contributed by atoms with Crippen LogP contribution in [0.15, 0.2) is 18.2 Å². The summed E-state index contributed by atoms with van der Waals surface area (Å²) in [7, 11) is 3.18. The number of carboxylic acids is 1. The molecule has 1 aliphatic rings. The molecule has 0 radical (unpaired) electrons. The summed E-state index contributed by atoms with van der Waals surface area (Å²) >= 11 is 0. The van der Waals surface area contributed by atoms with E-state index in [-0.39, 0.29) is 6.61 Å². The molecule has 1 N–H and O–H groups in total. The lowest BCUT2D eigenvalue weighted by molar-refractivity contribution is -0.150. The lowest BCUT2D eigenvalue weighted by atomic mass is 10.1. The summed E-state index contributed by atoms with van der Waals surface area (Å²) in [5.41, 5.74) is 0.953. The SMILES string of the molecule is COc1cc(CN2CCOCC2C(=O)O)cc(OC)c1. The van der Waals surface area contributed by atoms with Gasteiger partial charge in [-0.15, -0.1) is 0 Å². The lowest BCUT2D eigenvalue weighted by Crippen LogP contribution is -2.49. The molecule has 1 aromatic carbocycles. The molecule has 0 bridgehead atoms. The molecule has 0 amide bonds. The van der Waals surface area contributed by atoms with Crippen LogP contribution in [0, 0.1) is 0 Å². The number of benzene rings is 1. The van der Waals surface area contributed by atoms with Crippen molar-refractivity contribution < 1.29 is 24.1 Å². The van der Waals surface area contributed by atoms with E-state index in [4.69, 9.17) is 14.2 Å². The predicted molar refractivity (Wildman–Crippen MR) is 72.2 cm³/mol. The number of ether oxygens (including phenoxy) is 3. The molecule has 0 spiro atoms. The number of nitrogens with zero attached hydrogens (tertiary/aromatic N) is 1. The maximum absolute atomic E-state index is 11.2. The minimum Gasteiger partial charge on any atom is -0.497 e. The van der Waals surface area contributed by atoms with Crippen LogP contribution in [0.3, 0.4) is 0 Å². The van der Waals surface area contributed by atoms with Gasteiger partial charge in [-0.1, -0.05) is 0 Å². The van der Waals surface area contributed by atoms with Crippen LogP contribution in [-0.4, -0.2) is 56.0 Å².